The molecular weight excluding hydrogens is 268 g/mol. The van der Waals surface area contributed by atoms with Crippen molar-refractivity contribution in [3.8, 4) is 0 Å². The van der Waals surface area contributed by atoms with Crippen LogP contribution in [0, 0.1) is 0 Å². The van der Waals surface area contributed by atoms with Gasteiger partial charge in [0.2, 0.25) is 0 Å². The fourth-order valence-electron chi connectivity index (χ4n) is 1.71. The van der Waals surface area contributed by atoms with Gasteiger partial charge < -0.3 is 11.1 Å². The van der Waals surface area contributed by atoms with E-state index in [0.717, 1.165) is 30.6 Å². The molecule has 0 aliphatic heterocycles. The highest BCUT2D eigenvalue weighted by Crippen LogP contribution is 2.24. The highest BCUT2D eigenvalue weighted by Gasteiger charge is 2.12. The van der Waals surface area contributed by atoms with Gasteiger partial charge in [0, 0.05) is 11.4 Å². The number of nitrogens with one attached hydrogen (secondary N) is 1. The van der Waals surface area contributed by atoms with Gasteiger partial charge in [-0.3, -0.25) is 4.79 Å². The zero-order chi connectivity index (χ0) is 12.7. The van der Waals surface area contributed by atoms with Crippen molar-refractivity contribution in [1.29, 1.82) is 0 Å². The van der Waals surface area contributed by atoms with Crippen LogP contribution >= 0.6 is 23.7 Å². The molecule has 18 heavy (non-hydrogen) atoms. The smallest absolute Gasteiger partial charge is 0.261 e. The van der Waals surface area contributed by atoms with Crippen LogP contribution in [0.4, 0.5) is 0 Å². The van der Waals surface area contributed by atoms with Crippen molar-refractivity contribution in [2.75, 3.05) is 13.1 Å². The van der Waals surface area contributed by atoms with E-state index in [1.54, 1.807) is 11.3 Å². The van der Waals surface area contributed by atoms with Crippen LogP contribution in [0.1, 0.15) is 46.8 Å². The molecule has 0 radical (unpaired) electrons. The second-order valence-corrected chi connectivity index (χ2v) is 5.20. The van der Waals surface area contributed by atoms with Crippen molar-refractivity contribution < 1.29 is 4.79 Å². The fourth-order valence-corrected chi connectivity index (χ4v) is 2.98. The highest BCUT2D eigenvalue weighted by atomic mass is 35.5. The second-order valence-electron chi connectivity index (χ2n) is 4.06. The summed E-state index contributed by atoms with van der Waals surface area (Å²) in [5.74, 6) is 0.0421. The molecule has 3 nitrogen and oxygen atoms in total. The van der Waals surface area contributed by atoms with Crippen molar-refractivity contribution in [2.45, 2.75) is 39.5 Å². The normalized spacial score (nSPS) is 9.94. The maximum atomic E-state index is 11.9. The Kier molecular flexibility index (Phi) is 9.06. The van der Waals surface area contributed by atoms with E-state index in [4.69, 9.17) is 5.73 Å². The number of aryl methyl sites for hydroxylation is 2. The Balaban J connectivity index is 0.00000289. The lowest BCUT2D eigenvalue weighted by atomic mass is 10.1. The van der Waals surface area contributed by atoms with E-state index >= 15 is 0 Å². The van der Waals surface area contributed by atoms with Crippen LogP contribution in [0.3, 0.4) is 0 Å². The molecular formula is C13H23ClN2OS. The topological polar surface area (TPSA) is 55.1 Å². The predicted octanol–water partition coefficient (Wildman–Crippen LogP) is 2.76. The summed E-state index contributed by atoms with van der Waals surface area (Å²) in [6.07, 6.45) is 4.03. The minimum atomic E-state index is 0. The third kappa shape index (κ3) is 4.96. The van der Waals surface area contributed by atoms with Crippen LogP contribution in [0.15, 0.2) is 6.07 Å². The number of halogens is 1. The first-order chi connectivity index (χ1) is 8.22. The Bertz CT molecular complexity index is 366. The van der Waals surface area contributed by atoms with E-state index in [-0.39, 0.29) is 18.3 Å². The van der Waals surface area contributed by atoms with Crippen LogP contribution in [0.2, 0.25) is 0 Å². The van der Waals surface area contributed by atoms with Gasteiger partial charge in [-0.25, -0.2) is 0 Å². The highest BCUT2D eigenvalue weighted by molar-refractivity contribution is 7.14. The molecule has 1 heterocycles. The molecule has 0 saturated carbocycles. The maximum Gasteiger partial charge on any atom is 0.261 e. The summed E-state index contributed by atoms with van der Waals surface area (Å²) < 4.78 is 0. The lowest BCUT2D eigenvalue weighted by Gasteiger charge is -2.00. The van der Waals surface area contributed by atoms with Gasteiger partial charge in [0.25, 0.3) is 5.91 Å². The van der Waals surface area contributed by atoms with Crippen LogP contribution in [-0.4, -0.2) is 19.0 Å². The molecule has 0 aliphatic rings. The lowest BCUT2D eigenvalue weighted by molar-refractivity contribution is 0.0957. The van der Waals surface area contributed by atoms with Crippen LogP contribution in [0.25, 0.3) is 0 Å². The quantitative estimate of drug-likeness (QED) is 0.759. The van der Waals surface area contributed by atoms with Crippen molar-refractivity contribution in [2.24, 2.45) is 5.73 Å². The first-order valence-electron chi connectivity index (χ1n) is 6.32. The Morgan fingerprint density at radius 3 is 2.72 bits per heavy atom. The molecule has 0 aliphatic carbocycles. The predicted molar refractivity (Wildman–Crippen MR) is 80.9 cm³/mol. The number of rotatable bonds is 7. The Morgan fingerprint density at radius 2 is 2.17 bits per heavy atom. The van der Waals surface area contributed by atoms with E-state index in [2.05, 4.69) is 19.2 Å². The third-order valence-electron chi connectivity index (χ3n) is 2.64. The van der Waals surface area contributed by atoms with Crippen LogP contribution < -0.4 is 11.1 Å². The number of hydrogen-bond acceptors (Lipinski definition) is 3. The second kappa shape index (κ2) is 9.36. The van der Waals surface area contributed by atoms with Gasteiger partial charge >= 0.3 is 0 Å². The molecule has 0 spiro atoms. The average molecular weight is 291 g/mol. The number of hydrogen-bond donors (Lipinski definition) is 2. The molecule has 0 bridgehead atoms. The molecule has 104 valence electrons. The summed E-state index contributed by atoms with van der Waals surface area (Å²) in [7, 11) is 0. The van der Waals surface area contributed by atoms with E-state index < -0.39 is 0 Å². The van der Waals surface area contributed by atoms with Gasteiger partial charge in [-0.1, -0.05) is 20.3 Å². The molecule has 1 aromatic rings. The molecule has 1 rings (SSSR count). The van der Waals surface area contributed by atoms with Gasteiger partial charge in [0.05, 0.1) is 4.88 Å². The van der Waals surface area contributed by atoms with Crippen molar-refractivity contribution in [3.63, 3.8) is 0 Å². The summed E-state index contributed by atoms with van der Waals surface area (Å²) in [6.45, 7) is 5.58. The summed E-state index contributed by atoms with van der Waals surface area (Å²) in [5, 5.41) is 2.90. The zero-order valence-corrected chi connectivity index (χ0v) is 12.8. The first-order valence-corrected chi connectivity index (χ1v) is 7.14. The van der Waals surface area contributed by atoms with Crippen LogP contribution in [-0.2, 0) is 12.8 Å². The average Bonchev–Trinajstić information content (AvgIpc) is 2.73. The summed E-state index contributed by atoms with van der Waals surface area (Å²) >= 11 is 1.63. The molecule has 3 N–H and O–H groups in total. The Hall–Kier alpha value is -0.580. The molecule has 1 amide bonds. The zero-order valence-electron chi connectivity index (χ0n) is 11.1. The molecule has 0 fully saturated rings. The van der Waals surface area contributed by atoms with Gasteiger partial charge in [-0.05, 0) is 37.4 Å². The van der Waals surface area contributed by atoms with Gasteiger partial charge in [0.1, 0.15) is 0 Å². The minimum absolute atomic E-state index is 0. The number of carbonyl (C=O) groups excluding carboxylic acids is 1. The van der Waals surface area contributed by atoms with E-state index in [1.165, 1.54) is 10.4 Å². The largest absolute Gasteiger partial charge is 0.351 e. The van der Waals surface area contributed by atoms with Gasteiger partial charge in [0.15, 0.2) is 0 Å². The maximum absolute atomic E-state index is 11.9. The molecule has 5 heteroatoms. The van der Waals surface area contributed by atoms with Crippen molar-refractivity contribution in [1.82, 2.24) is 5.32 Å². The number of carbonyl (C=O) groups is 1. The van der Waals surface area contributed by atoms with E-state index in [1.807, 2.05) is 6.07 Å². The minimum Gasteiger partial charge on any atom is -0.351 e. The lowest BCUT2D eigenvalue weighted by Crippen LogP contribution is -2.25. The Morgan fingerprint density at radius 1 is 1.44 bits per heavy atom. The summed E-state index contributed by atoms with van der Waals surface area (Å²) in [6, 6.07) is 2.04. The van der Waals surface area contributed by atoms with Gasteiger partial charge in [-0.2, -0.15) is 0 Å². The summed E-state index contributed by atoms with van der Waals surface area (Å²) in [5.41, 5.74) is 6.71. The van der Waals surface area contributed by atoms with Crippen LogP contribution in [0.5, 0.6) is 0 Å². The van der Waals surface area contributed by atoms with E-state index in [9.17, 15) is 4.79 Å². The Labute approximate surface area is 120 Å². The number of nitrogens with two attached hydrogens (primary N) is 1. The monoisotopic (exact) mass is 290 g/mol. The molecule has 0 saturated heterocycles. The van der Waals surface area contributed by atoms with Crippen molar-refractivity contribution in [3.05, 3.63) is 21.4 Å². The van der Waals surface area contributed by atoms with Gasteiger partial charge in [-0.15, -0.1) is 23.7 Å². The fraction of sp³-hybridized carbons (Fsp3) is 0.615. The number of amides is 1. The third-order valence-corrected chi connectivity index (χ3v) is 3.88. The first kappa shape index (κ1) is 17.4. The standard InChI is InChI=1S/C13H22N2OS.ClH/c1-3-6-11-10(4-2)9-12(17-11)13(16)15-8-5-7-14;/h9H,3-8,14H2,1-2H3,(H,15,16);1H. The number of thiophene rings is 1. The van der Waals surface area contributed by atoms with Crippen molar-refractivity contribution >= 4 is 29.7 Å². The SMILES string of the molecule is CCCc1sc(C(=O)NCCCN)cc1CC.Cl. The molecule has 0 unspecified atom stereocenters. The summed E-state index contributed by atoms with van der Waals surface area (Å²) in [4.78, 5) is 14.1. The molecule has 1 aromatic heterocycles. The van der Waals surface area contributed by atoms with E-state index in [0.29, 0.717) is 13.1 Å². The molecule has 0 atom stereocenters. The molecule has 0 aromatic carbocycles.